The third-order valence-corrected chi connectivity index (χ3v) is 2.98. The Hall–Kier alpha value is -0.860. The molecule has 0 spiro atoms. The number of hydrogen-bond donors (Lipinski definition) is 4. The maximum atomic E-state index is 6.77. The van der Waals surface area contributed by atoms with Crippen molar-refractivity contribution < 1.29 is 4.74 Å². The SMILES string of the molecule is CC.CC.COC(=N)C(Cl)(Cl)Cl.Cc1ccccc1N.NC(=S)C(N)=S. The standard InChI is InChI=1S/C7H9N.C3H4Cl3NO.C2H4N2S2.2C2H6/c1-6-4-2-3-5-7(6)8;1-8-2(7)3(4,5)6;3-1(5)2(4)6;2*1-2/h2-5H,8H2,1H3;7H,1H3;(H2,3,5)(H2,4,6);2*1-2H3. The van der Waals surface area contributed by atoms with E-state index in [9.17, 15) is 0 Å². The van der Waals surface area contributed by atoms with Crippen molar-refractivity contribution in [1.82, 2.24) is 0 Å². The summed E-state index contributed by atoms with van der Waals surface area (Å²) in [4.78, 5) is 0.204. The minimum absolute atomic E-state index is 0.102. The Labute approximate surface area is 183 Å². The summed E-state index contributed by atoms with van der Waals surface area (Å²) in [5.41, 5.74) is 17.3. The fourth-order valence-electron chi connectivity index (χ4n) is 0.703. The summed E-state index contributed by atoms with van der Waals surface area (Å²) in [6, 6.07) is 7.80. The number of ether oxygens (including phenoxy) is 1. The number of rotatable bonds is 0. The number of nitrogens with two attached hydrogens (primary N) is 3. The van der Waals surface area contributed by atoms with Gasteiger partial charge in [0.15, 0.2) is 0 Å². The molecule has 0 aromatic heterocycles. The first-order valence-electron chi connectivity index (χ1n) is 7.53. The lowest BCUT2D eigenvalue weighted by Crippen LogP contribution is -2.26. The van der Waals surface area contributed by atoms with Crippen LogP contribution < -0.4 is 17.2 Å². The zero-order chi connectivity index (χ0) is 21.9. The van der Waals surface area contributed by atoms with Crippen LogP contribution in [0.1, 0.15) is 33.3 Å². The molecule has 0 saturated carbocycles. The number of alkyl halides is 3. The minimum Gasteiger partial charge on any atom is -0.481 e. The van der Waals surface area contributed by atoms with Gasteiger partial charge < -0.3 is 21.9 Å². The highest BCUT2D eigenvalue weighted by Crippen LogP contribution is 2.27. The van der Waals surface area contributed by atoms with E-state index in [1.165, 1.54) is 7.11 Å². The van der Waals surface area contributed by atoms with Crippen molar-refractivity contribution >= 4 is 80.8 Å². The molecule has 0 fully saturated rings. The topological polar surface area (TPSA) is 111 Å². The van der Waals surface area contributed by atoms with Gasteiger partial charge in [0.1, 0.15) is 9.98 Å². The second-order valence-electron chi connectivity index (χ2n) is 3.62. The van der Waals surface area contributed by atoms with E-state index in [0.717, 1.165) is 11.3 Å². The van der Waals surface area contributed by atoms with E-state index in [1.54, 1.807) is 0 Å². The van der Waals surface area contributed by atoms with Gasteiger partial charge in [-0.2, -0.15) is 0 Å². The summed E-state index contributed by atoms with van der Waals surface area (Å²) >= 11 is 24.2. The Kier molecular flexibility index (Phi) is 25.8. The lowest BCUT2D eigenvalue weighted by Gasteiger charge is -2.08. The van der Waals surface area contributed by atoms with E-state index in [4.69, 9.17) is 57.4 Å². The van der Waals surface area contributed by atoms with E-state index < -0.39 is 3.79 Å². The number of thiocarbonyl (C=S) groups is 2. The van der Waals surface area contributed by atoms with Gasteiger partial charge in [-0.05, 0) is 18.6 Å². The number of nitrogen functional groups attached to an aromatic ring is 1. The lowest BCUT2D eigenvalue weighted by atomic mass is 10.2. The molecular weight excluding hydrogens is 435 g/mol. The number of aryl methyl sites for hydroxylation is 1. The number of para-hydroxylation sites is 1. The van der Waals surface area contributed by atoms with Crippen molar-refractivity contribution in [1.29, 1.82) is 5.41 Å². The average Bonchev–Trinajstić information content (AvgIpc) is 2.60. The van der Waals surface area contributed by atoms with Crippen molar-refractivity contribution in [2.75, 3.05) is 12.8 Å². The van der Waals surface area contributed by atoms with Gasteiger partial charge in [-0.25, -0.2) is 0 Å². The average molecular weight is 464 g/mol. The van der Waals surface area contributed by atoms with Gasteiger partial charge in [-0.3, -0.25) is 5.41 Å². The number of halogens is 3. The number of benzene rings is 1. The molecule has 0 atom stereocenters. The van der Waals surface area contributed by atoms with Gasteiger partial charge in [-0.15, -0.1) is 0 Å². The number of hydrogen-bond acceptors (Lipinski definition) is 5. The molecule has 0 aliphatic carbocycles. The van der Waals surface area contributed by atoms with Gasteiger partial charge >= 0.3 is 0 Å². The van der Waals surface area contributed by atoms with E-state index in [1.807, 2.05) is 58.9 Å². The zero-order valence-electron chi connectivity index (χ0n) is 15.9. The van der Waals surface area contributed by atoms with Gasteiger partial charge in [0.25, 0.3) is 3.79 Å². The zero-order valence-corrected chi connectivity index (χ0v) is 19.8. The molecule has 7 N–H and O–H groups in total. The van der Waals surface area contributed by atoms with Gasteiger partial charge in [0.2, 0.25) is 5.90 Å². The third kappa shape index (κ3) is 23.1. The Morgan fingerprint density at radius 1 is 1.00 bits per heavy atom. The number of anilines is 1. The van der Waals surface area contributed by atoms with Crippen molar-refractivity contribution in [3.05, 3.63) is 29.8 Å². The maximum Gasteiger partial charge on any atom is 0.265 e. The molecule has 0 saturated heterocycles. The van der Waals surface area contributed by atoms with Crippen molar-refractivity contribution in [3.63, 3.8) is 0 Å². The van der Waals surface area contributed by atoms with Gasteiger partial charge in [-0.1, -0.05) is 105 Å². The highest BCUT2D eigenvalue weighted by molar-refractivity contribution is 7.89. The smallest absolute Gasteiger partial charge is 0.265 e. The molecule has 0 heterocycles. The van der Waals surface area contributed by atoms with Crippen LogP contribution in [0.25, 0.3) is 0 Å². The van der Waals surface area contributed by atoms with Gasteiger partial charge in [0.05, 0.1) is 7.11 Å². The highest BCUT2D eigenvalue weighted by Gasteiger charge is 2.27. The molecule has 0 amide bonds. The normalized spacial score (nSPS) is 8.35. The molecular formula is C16H29Cl3N4OS2. The minimum atomic E-state index is -1.71. The summed E-state index contributed by atoms with van der Waals surface area (Å²) < 4.78 is 2.59. The summed E-state index contributed by atoms with van der Waals surface area (Å²) in [6.07, 6.45) is 0. The largest absolute Gasteiger partial charge is 0.481 e. The summed E-state index contributed by atoms with van der Waals surface area (Å²) in [7, 11) is 1.27. The molecule has 152 valence electrons. The second kappa shape index (κ2) is 20.5. The van der Waals surface area contributed by atoms with Crippen LogP contribution >= 0.6 is 59.2 Å². The Morgan fingerprint density at radius 2 is 1.35 bits per heavy atom. The summed E-state index contributed by atoms with van der Waals surface area (Å²) in [6.45, 7) is 10.00. The van der Waals surface area contributed by atoms with Crippen LogP contribution in [0.15, 0.2) is 24.3 Å². The summed E-state index contributed by atoms with van der Waals surface area (Å²) in [5.74, 6) is -0.373. The van der Waals surface area contributed by atoms with E-state index in [2.05, 4.69) is 29.2 Å². The van der Waals surface area contributed by atoms with Gasteiger partial charge in [0, 0.05) is 5.69 Å². The van der Waals surface area contributed by atoms with Crippen LogP contribution in [0.5, 0.6) is 0 Å². The lowest BCUT2D eigenvalue weighted by molar-refractivity contribution is 0.391. The molecule has 5 nitrogen and oxygen atoms in total. The monoisotopic (exact) mass is 462 g/mol. The molecule has 1 aromatic carbocycles. The number of methoxy groups -OCH3 is 1. The molecule has 10 heteroatoms. The predicted molar refractivity (Wildman–Crippen MR) is 127 cm³/mol. The molecule has 1 aromatic rings. The molecule has 0 bridgehead atoms. The summed E-state index contributed by atoms with van der Waals surface area (Å²) in [5, 5.41) is 6.77. The molecule has 0 aliphatic heterocycles. The maximum absolute atomic E-state index is 6.77. The Bertz CT molecular complexity index is 491. The molecule has 0 aliphatic rings. The van der Waals surface area contributed by atoms with Crippen molar-refractivity contribution in [3.8, 4) is 0 Å². The van der Waals surface area contributed by atoms with Crippen molar-refractivity contribution in [2.24, 2.45) is 11.5 Å². The highest BCUT2D eigenvalue weighted by atomic mass is 35.6. The van der Waals surface area contributed by atoms with Crippen LogP contribution in [0.2, 0.25) is 0 Å². The first kappa shape index (κ1) is 32.8. The van der Waals surface area contributed by atoms with Crippen LogP contribution in [0, 0.1) is 12.3 Å². The molecule has 26 heavy (non-hydrogen) atoms. The van der Waals surface area contributed by atoms with Crippen LogP contribution in [-0.4, -0.2) is 26.8 Å². The quantitative estimate of drug-likeness (QED) is 0.139. The Balaban J connectivity index is -0.000000128. The number of nitrogens with one attached hydrogen (secondary N) is 1. The van der Waals surface area contributed by atoms with Crippen LogP contribution in [0.4, 0.5) is 5.69 Å². The fourth-order valence-corrected chi connectivity index (χ4v) is 0.934. The molecule has 0 unspecified atom stereocenters. The second-order valence-corrected chi connectivity index (χ2v) is 6.78. The predicted octanol–water partition coefficient (Wildman–Crippen LogP) is 5.17. The van der Waals surface area contributed by atoms with E-state index in [-0.39, 0.29) is 15.9 Å². The van der Waals surface area contributed by atoms with E-state index >= 15 is 0 Å². The Morgan fingerprint density at radius 3 is 1.46 bits per heavy atom. The molecule has 0 radical (unpaired) electrons. The van der Waals surface area contributed by atoms with Crippen molar-refractivity contribution in [2.45, 2.75) is 38.4 Å². The molecule has 1 rings (SSSR count). The third-order valence-electron chi connectivity index (χ3n) is 1.89. The van der Waals surface area contributed by atoms with E-state index in [0.29, 0.717) is 0 Å². The van der Waals surface area contributed by atoms with Crippen LogP contribution in [-0.2, 0) is 4.74 Å². The first-order chi connectivity index (χ1) is 11.9. The fraction of sp³-hybridized carbons (Fsp3) is 0.438. The van der Waals surface area contributed by atoms with Crippen LogP contribution in [0.3, 0.4) is 0 Å². The first-order valence-corrected chi connectivity index (χ1v) is 9.48.